The molecule has 1 aliphatic heterocycles. The second-order valence-corrected chi connectivity index (χ2v) is 5.26. The van der Waals surface area contributed by atoms with Crippen molar-refractivity contribution >= 4 is 17.2 Å². The van der Waals surface area contributed by atoms with Crippen LogP contribution in [0.5, 0.6) is 0 Å². The molecular weight excluding hydrogens is 250 g/mol. The number of aromatic nitrogens is 1. The number of nitrogens with zero attached hydrogens (tertiary/aromatic N) is 2. The zero-order valence-corrected chi connectivity index (χ0v) is 11.4. The Bertz CT molecular complexity index is 408. The third-order valence-corrected chi connectivity index (χ3v) is 3.92. The van der Waals surface area contributed by atoms with Gasteiger partial charge in [-0.3, -0.25) is 4.79 Å². The van der Waals surface area contributed by atoms with E-state index >= 15 is 0 Å². The Balaban J connectivity index is 2.00. The molecule has 100 valence electrons. The first kappa shape index (κ1) is 13.5. The summed E-state index contributed by atoms with van der Waals surface area (Å²) in [5.74, 6) is 0.0104. The van der Waals surface area contributed by atoms with Crippen LogP contribution in [0.1, 0.15) is 28.8 Å². The first-order chi connectivity index (χ1) is 8.74. The van der Waals surface area contributed by atoms with Crippen molar-refractivity contribution < 1.29 is 9.53 Å². The van der Waals surface area contributed by atoms with Crippen LogP contribution in [0.25, 0.3) is 0 Å². The number of hydrogen-bond donors (Lipinski definition) is 1. The first-order valence-corrected chi connectivity index (χ1v) is 7.18. The molecule has 0 aliphatic carbocycles. The fraction of sp³-hybridized carbons (Fsp3) is 0.667. The molecule has 2 heterocycles. The molecule has 1 aromatic heterocycles. The smallest absolute Gasteiger partial charge is 0.273 e. The third kappa shape index (κ3) is 3.07. The molecule has 0 radical (unpaired) electrons. The Kier molecular flexibility index (Phi) is 4.68. The van der Waals surface area contributed by atoms with Gasteiger partial charge in [0, 0.05) is 24.9 Å². The monoisotopic (exact) mass is 269 g/mol. The normalized spacial score (nSPS) is 20.1. The summed E-state index contributed by atoms with van der Waals surface area (Å²) in [5.41, 5.74) is 6.02. The van der Waals surface area contributed by atoms with Crippen LogP contribution in [0.2, 0.25) is 0 Å². The number of rotatable bonds is 4. The Morgan fingerprint density at radius 1 is 1.72 bits per heavy atom. The molecule has 0 aromatic carbocycles. The van der Waals surface area contributed by atoms with Crippen molar-refractivity contribution in [2.24, 2.45) is 5.73 Å². The number of ether oxygens (including phenoxy) is 1. The van der Waals surface area contributed by atoms with Gasteiger partial charge >= 0.3 is 0 Å². The fourth-order valence-corrected chi connectivity index (χ4v) is 2.75. The largest absolute Gasteiger partial charge is 0.375 e. The fourth-order valence-electron chi connectivity index (χ4n) is 1.96. The molecule has 1 saturated heterocycles. The van der Waals surface area contributed by atoms with E-state index in [-0.39, 0.29) is 12.0 Å². The van der Waals surface area contributed by atoms with Crippen LogP contribution in [-0.4, -0.2) is 48.1 Å². The molecular formula is C12H19N3O2S. The lowest BCUT2D eigenvalue weighted by Gasteiger charge is -2.32. The van der Waals surface area contributed by atoms with Crippen molar-refractivity contribution in [2.75, 3.05) is 26.2 Å². The summed E-state index contributed by atoms with van der Waals surface area (Å²) in [6.07, 6.45) is 1.82. The highest BCUT2D eigenvalue weighted by Gasteiger charge is 2.25. The molecule has 0 saturated carbocycles. The highest BCUT2D eigenvalue weighted by atomic mass is 32.1. The number of carbonyl (C=O) groups is 1. The van der Waals surface area contributed by atoms with Gasteiger partial charge in [0.15, 0.2) is 0 Å². The van der Waals surface area contributed by atoms with E-state index in [0.29, 0.717) is 31.9 Å². The minimum absolute atomic E-state index is 0.0104. The summed E-state index contributed by atoms with van der Waals surface area (Å²) in [5, 5.41) is 2.75. The van der Waals surface area contributed by atoms with Crippen LogP contribution in [0.4, 0.5) is 0 Å². The lowest BCUT2D eigenvalue weighted by molar-refractivity contribution is -0.0227. The molecule has 1 aliphatic rings. The summed E-state index contributed by atoms with van der Waals surface area (Å²) in [6.45, 7) is 4.57. The van der Waals surface area contributed by atoms with Crippen LogP contribution in [0.3, 0.4) is 0 Å². The number of thiazole rings is 1. The predicted octanol–water partition coefficient (Wildman–Crippen LogP) is 0.895. The van der Waals surface area contributed by atoms with Gasteiger partial charge in [-0.2, -0.15) is 0 Å². The lowest BCUT2D eigenvalue weighted by Crippen LogP contribution is -2.45. The van der Waals surface area contributed by atoms with E-state index in [1.807, 2.05) is 10.3 Å². The summed E-state index contributed by atoms with van der Waals surface area (Å²) in [7, 11) is 0. The zero-order chi connectivity index (χ0) is 13.0. The Labute approximate surface area is 111 Å². The minimum Gasteiger partial charge on any atom is -0.375 e. The first-order valence-electron chi connectivity index (χ1n) is 6.30. The van der Waals surface area contributed by atoms with Gasteiger partial charge in [0.1, 0.15) is 5.69 Å². The average Bonchev–Trinajstić information content (AvgIpc) is 2.87. The molecule has 1 atom stereocenters. The maximum absolute atomic E-state index is 12.3. The van der Waals surface area contributed by atoms with Crippen molar-refractivity contribution in [3.8, 4) is 0 Å². The summed E-state index contributed by atoms with van der Waals surface area (Å²) in [4.78, 5) is 18.4. The maximum Gasteiger partial charge on any atom is 0.273 e. The summed E-state index contributed by atoms with van der Waals surface area (Å²) >= 11 is 1.50. The number of carbonyl (C=O) groups excluding carboxylic acids is 1. The second-order valence-electron chi connectivity index (χ2n) is 4.32. The number of hydrogen-bond acceptors (Lipinski definition) is 5. The van der Waals surface area contributed by atoms with E-state index < -0.39 is 0 Å². The predicted molar refractivity (Wildman–Crippen MR) is 70.8 cm³/mol. The van der Waals surface area contributed by atoms with Crippen molar-refractivity contribution in [3.63, 3.8) is 0 Å². The van der Waals surface area contributed by atoms with Crippen molar-refractivity contribution in [2.45, 2.75) is 25.9 Å². The second kappa shape index (κ2) is 6.26. The number of morpholine rings is 1. The maximum atomic E-state index is 12.3. The van der Waals surface area contributed by atoms with Crippen LogP contribution < -0.4 is 5.73 Å². The Morgan fingerprint density at radius 3 is 3.28 bits per heavy atom. The van der Waals surface area contributed by atoms with Crippen LogP contribution >= 0.6 is 11.3 Å². The van der Waals surface area contributed by atoms with Crippen molar-refractivity contribution in [1.82, 2.24) is 9.88 Å². The van der Waals surface area contributed by atoms with E-state index in [1.165, 1.54) is 11.3 Å². The standard InChI is InChI=1S/C12H19N3O2S/c1-2-9-7-15(5-6-17-9)12(16)10-8-18-11(14-10)3-4-13/h8-9H,2-7,13H2,1H3. The molecule has 1 unspecified atom stereocenters. The zero-order valence-electron chi connectivity index (χ0n) is 10.6. The summed E-state index contributed by atoms with van der Waals surface area (Å²) < 4.78 is 5.56. The van der Waals surface area contributed by atoms with E-state index in [0.717, 1.165) is 17.8 Å². The van der Waals surface area contributed by atoms with E-state index in [4.69, 9.17) is 10.5 Å². The highest BCUT2D eigenvalue weighted by molar-refractivity contribution is 7.09. The molecule has 2 rings (SSSR count). The van der Waals surface area contributed by atoms with Crippen molar-refractivity contribution in [3.05, 3.63) is 16.1 Å². The van der Waals surface area contributed by atoms with Gasteiger partial charge in [-0.25, -0.2) is 4.98 Å². The SMILES string of the molecule is CCC1CN(C(=O)c2csc(CCN)n2)CCO1. The minimum atomic E-state index is 0.0104. The quantitative estimate of drug-likeness (QED) is 0.881. The van der Waals surface area contributed by atoms with E-state index in [2.05, 4.69) is 11.9 Å². The van der Waals surface area contributed by atoms with Crippen molar-refractivity contribution in [1.29, 1.82) is 0 Å². The van der Waals surface area contributed by atoms with Crippen LogP contribution in [0, 0.1) is 0 Å². The molecule has 6 heteroatoms. The van der Waals surface area contributed by atoms with Gasteiger partial charge in [0.05, 0.1) is 17.7 Å². The van der Waals surface area contributed by atoms with Gasteiger partial charge < -0.3 is 15.4 Å². The molecule has 0 bridgehead atoms. The van der Waals surface area contributed by atoms with Gasteiger partial charge in [0.2, 0.25) is 0 Å². The summed E-state index contributed by atoms with van der Waals surface area (Å²) in [6, 6.07) is 0. The molecule has 1 aromatic rings. The Hall–Kier alpha value is -0.980. The van der Waals surface area contributed by atoms with Gasteiger partial charge in [-0.1, -0.05) is 6.92 Å². The molecule has 2 N–H and O–H groups in total. The molecule has 5 nitrogen and oxygen atoms in total. The van der Waals surface area contributed by atoms with Gasteiger partial charge in [0.25, 0.3) is 5.91 Å². The molecule has 18 heavy (non-hydrogen) atoms. The van der Waals surface area contributed by atoms with Gasteiger partial charge in [-0.15, -0.1) is 11.3 Å². The Morgan fingerprint density at radius 2 is 2.56 bits per heavy atom. The lowest BCUT2D eigenvalue weighted by atomic mass is 10.2. The molecule has 0 spiro atoms. The molecule has 1 fully saturated rings. The average molecular weight is 269 g/mol. The van der Waals surface area contributed by atoms with Gasteiger partial charge in [-0.05, 0) is 13.0 Å². The highest BCUT2D eigenvalue weighted by Crippen LogP contribution is 2.15. The van der Waals surface area contributed by atoms with Crippen LogP contribution in [0.15, 0.2) is 5.38 Å². The number of nitrogens with two attached hydrogens (primary N) is 1. The van der Waals surface area contributed by atoms with Crippen LogP contribution in [-0.2, 0) is 11.2 Å². The topological polar surface area (TPSA) is 68.5 Å². The van der Waals surface area contributed by atoms with E-state index in [9.17, 15) is 4.79 Å². The van der Waals surface area contributed by atoms with E-state index in [1.54, 1.807) is 0 Å². The molecule has 1 amide bonds. The third-order valence-electron chi connectivity index (χ3n) is 3.01. The number of amides is 1.